The molecule has 2 aromatic heterocycles. The lowest BCUT2D eigenvalue weighted by atomic mass is 9.75. The molecule has 10 N–H and O–H groups in total. The summed E-state index contributed by atoms with van der Waals surface area (Å²) in [5.74, 6) is -2.12. The van der Waals surface area contributed by atoms with Crippen molar-refractivity contribution in [2.45, 2.75) is 286 Å². The summed E-state index contributed by atoms with van der Waals surface area (Å²) in [5.41, 5.74) is 21.4. The molecular formula is C82H127N11O12. The highest BCUT2D eigenvalue weighted by atomic mass is 16.3. The number of aliphatic hydroxyl groups excluding tert-OH is 2. The Kier molecular flexibility index (Phi) is 26.4. The predicted octanol–water partition coefficient (Wildman–Crippen LogP) is 8.82. The van der Waals surface area contributed by atoms with Gasteiger partial charge in [0.2, 0.25) is 35.3 Å². The van der Waals surface area contributed by atoms with Gasteiger partial charge in [0.15, 0.2) is 17.3 Å². The molecule has 8 unspecified atom stereocenters. The van der Waals surface area contributed by atoms with Gasteiger partial charge in [-0.3, -0.25) is 47.9 Å². The number of likely N-dealkylation sites (tertiary alicyclic amines) is 3. The zero-order valence-electron chi connectivity index (χ0n) is 65.2. The molecule has 3 aliphatic heterocycles. The molecule has 3 saturated heterocycles. The number of aromatic nitrogens is 4. The van der Waals surface area contributed by atoms with E-state index in [1.165, 1.54) is 0 Å². The van der Waals surface area contributed by atoms with Gasteiger partial charge in [-0.15, -0.1) is 0 Å². The lowest BCUT2D eigenvalue weighted by Crippen LogP contribution is -2.53. The quantitative estimate of drug-likeness (QED) is 0.0384. The number of amides is 6. The number of hydrogen-bond acceptors (Lipinski definition) is 17. The molecule has 6 saturated carbocycles. The Labute approximate surface area is 623 Å². The van der Waals surface area contributed by atoms with Gasteiger partial charge in [-0.2, -0.15) is 0 Å². The van der Waals surface area contributed by atoms with Crippen molar-refractivity contribution < 1.29 is 58.2 Å². The topological polar surface area (TPSA) is 377 Å². The van der Waals surface area contributed by atoms with Gasteiger partial charge in [0, 0.05) is 94.3 Å². The molecule has 582 valence electrons. The molecule has 6 aliphatic carbocycles. The molecule has 0 aromatic carbocycles. The maximum Gasteiger partial charge on any atom is 0.285 e. The molecule has 0 radical (unpaired) electrons. The summed E-state index contributed by atoms with van der Waals surface area (Å²) < 4.78 is 0. The molecule has 11 rings (SSSR count). The fourth-order valence-electron chi connectivity index (χ4n) is 18.9. The second-order valence-corrected chi connectivity index (χ2v) is 37.2. The van der Waals surface area contributed by atoms with Crippen LogP contribution in [0.4, 0.5) is 0 Å². The van der Waals surface area contributed by atoms with Gasteiger partial charge in [-0.05, 0) is 138 Å². The smallest absolute Gasteiger partial charge is 0.285 e. The van der Waals surface area contributed by atoms with Crippen LogP contribution in [0.15, 0.2) is 36.9 Å². The van der Waals surface area contributed by atoms with Crippen molar-refractivity contribution in [2.24, 2.45) is 121 Å². The average molecular weight is 1460 g/mol. The maximum absolute atomic E-state index is 14.2. The number of nitrogens with zero attached hydrogens (tertiary/aromatic N) is 7. The second-order valence-electron chi connectivity index (χ2n) is 37.2. The standard InChI is InChI=1S/C29H44N4O4.C29H42N4O4.C24H41N3O4/c2*1-5-20-15-29(20)16-22(23(34)13-19(25(35)26(30)36)12-18-8-6-9-18)33(17-29)27(37)21(28(2,3)4)14-24-31-10-7-11-32-24;1-5-16-11-24(16)12-17(27(13-24)22(31)20(25)23(2,3)4)18(28)10-15(19(29)21(26)30)9-14-7-6-8-14/h7,10-11,18-22,25,35H,5-6,8-9,12-17H2,1-4H3,(H2,30,36);7,10-11,18-22H,5-6,8-9,12-17H2,1-4H3,(H2,30,36);14-17,19-20,29H,5-13,25H2,1-4H3,(H2,26,30)/t19?,20?,21-,22+,25?,29+;19?,20?,21-,22+,29+;15?,16?,17-,19?,20+,24-/m110/s1. The van der Waals surface area contributed by atoms with Crippen molar-refractivity contribution in [1.29, 1.82) is 0 Å². The minimum Gasteiger partial charge on any atom is -0.383 e. The number of hydrogen-bond donors (Lipinski definition) is 6. The third kappa shape index (κ3) is 19.7. The fraction of sp³-hybridized carbons (Fsp3) is 0.780. The summed E-state index contributed by atoms with van der Waals surface area (Å²) >= 11 is 0. The highest BCUT2D eigenvalue weighted by Gasteiger charge is 2.65. The first-order valence-corrected chi connectivity index (χ1v) is 39.8. The van der Waals surface area contributed by atoms with Crippen LogP contribution in [0.25, 0.3) is 0 Å². The highest BCUT2D eigenvalue weighted by molar-refractivity contribution is 6.36. The van der Waals surface area contributed by atoms with E-state index in [1.54, 1.807) is 46.7 Å². The first-order chi connectivity index (χ1) is 49.3. The minimum atomic E-state index is -1.34. The molecule has 5 heterocycles. The Morgan fingerprint density at radius 2 is 0.781 bits per heavy atom. The Balaban J connectivity index is 0.000000183. The molecule has 17 atom stereocenters. The van der Waals surface area contributed by atoms with Crippen LogP contribution in [0.2, 0.25) is 0 Å². The lowest BCUT2D eigenvalue weighted by molar-refractivity contribution is -0.145. The van der Waals surface area contributed by atoms with E-state index in [0.717, 1.165) is 96.3 Å². The van der Waals surface area contributed by atoms with Gasteiger partial charge in [0.05, 0.1) is 36.0 Å². The Hall–Kier alpha value is -6.46. The Bertz CT molecular complexity index is 3430. The van der Waals surface area contributed by atoms with Crippen LogP contribution < -0.4 is 22.9 Å². The maximum atomic E-state index is 14.2. The zero-order valence-corrected chi connectivity index (χ0v) is 65.2. The minimum absolute atomic E-state index is 0.00217. The Morgan fingerprint density at radius 3 is 1.05 bits per heavy atom. The average Bonchev–Trinajstić information content (AvgIpc) is 1.57. The molecule has 23 nitrogen and oxygen atoms in total. The van der Waals surface area contributed by atoms with Crippen molar-refractivity contribution in [3.05, 3.63) is 48.6 Å². The first kappa shape index (κ1) is 82.6. The van der Waals surface area contributed by atoms with E-state index in [-0.39, 0.29) is 87.3 Å². The largest absolute Gasteiger partial charge is 0.383 e. The summed E-state index contributed by atoms with van der Waals surface area (Å²) in [5, 5.41) is 20.9. The van der Waals surface area contributed by atoms with Crippen LogP contribution >= 0.6 is 0 Å². The number of aliphatic hydroxyl groups is 2. The van der Waals surface area contributed by atoms with Gasteiger partial charge in [-0.25, -0.2) is 19.9 Å². The van der Waals surface area contributed by atoms with Crippen molar-refractivity contribution in [3.63, 3.8) is 0 Å². The van der Waals surface area contributed by atoms with Gasteiger partial charge < -0.3 is 47.8 Å². The molecule has 9 aliphatic rings. The van der Waals surface area contributed by atoms with Crippen molar-refractivity contribution in [1.82, 2.24) is 34.6 Å². The Morgan fingerprint density at radius 1 is 0.467 bits per heavy atom. The number of rotatable bonds is 31. The third-order valence-corrected chi connectivity index (χ3v) is 26.8. The molecule has 9 fully saturated rings. The van der Waals surface area contributed by atoms with Crippen LogP contribution in [0.1, 0.15) is 249 Å². The molecule has 6 amide bonds. The fourth-order valence-corrected chi connectivity index (χ4v) is 18.9. The number of nitrogens with two attached hydrogens (primary N) is 4. The van der Waals surface area contributed by atoms with Gasteiger partial charge >= 0.3 is 0 Å². The predicted molar refractivity (Wildman–Crippen MR) is 397 cm³/mol. The van der Waals surface area contributed by atoms with E-state index in [4.69, 9.17) is 22.9 Å². The van der Waals surface area contributed by atoms with E-state index in [9.17, 15) is 58.2 Å². The summed E-state index contributed by atoms with van der Waals surface area (Å²) in [6.07, 6.45) is 24.6. The summed E-state index contributed by atoms with van der Waals surface area (Å²) in [4.78, 5) is 153. The molecule has 3 spiro atoms. The number of ketones is 4. The first-order valence-electron chi connectivity index (χ1n) is 39.8. The van der Waals surface area contributed by atoms with Gasteiger partial charge in [0.1, 0.15) is 23.9 Å². The van der Waals surface area contributed by atoms with Crippen LogP contribution in [-0.4, -0.2) is 159 Å². The summed E-state index contributed by atoms with van der Waals surface area (Å²) in [6.45, 7) is 26.3. The van der Waals surface area contributed by atoms with Crippen molar-refractivity contribution in [3.8, 4) is 0 Å². The number of Topliss-reactive ketones (excluding diaryl/α,β-unsaturated/α-hetero) is 4. The summed E-state index contributed by atoms with van der Waals surface area (Å²) in [6, 6.07) is 1.20. The SMILES string of the molecule is CCC1C[C@@]12C[C@@H](C(=O)CC(CC1CCC1)C(=O)C(N)=O)N(C(=O)[C@@H](Cc1ncccn1)C(C)(C)C)C2.CCC1C[C@@]12C[C@@H](C(=O)CC(CC1CCC1)C(O)C(N)=O)N(C(=O)[C@@H](Cc1ncccn1)C(C)(C)C)C2.CCC1C[C@@]12C[C@@H](C(=O)CC(CC1CCC1)C(O)C(N)=O)N(C(=O)[C@@H](N)C(C)(C)C)C2. The van der Waals surface area contributed by atoms with Crippen LogP contribution in [0, 0.1) is 97.6 Å². The van der Waals surface area contributed by atoms with E-state index >= 15 is 0 Å². The number of carbonyl (C=O) groups is 10. The molecule has 2 aromatic rings. The molecule has 105 heavy (non-hydrogen) atoms. The van der Waals surface area contributed by atoms with Crippen LogP contribution in [0.3, 0.4) is 0 Å². The second kappa shape index (κ2) is 33.6. The normalized spacial score (nSPS) is 28.6. The lowest BCUT2D eigenvalue weighted by Gasteiger charge is -2.35. The monoisotopic (exact) mass is 1460 g/mol. The number of primary amides is 3. The van der Waals surface area contributed by atoms with Gasteiger partial charge in [0.25, 0.3) is 5.91 Å². The van der Waals surface area contributed by atoms with Crippen molar-refractivity contribution in [2.75, 3.05) is 19.6 Å². The highest BCUT2D eigenvalue weighted by Crippen LogP contribution is 2.64. The molecule has 23 heteroatoms. The van der Waals surface area contributed by atoms with E-state index in [1.807, 2.05) is 67.2 Å². The van der Waals surface area contributed by atoms with Crippen LogP contribution in [0.5, 0.6) is 0 Å². The van der Waals surface area contributed by atoms with E-state index in [0.29, 0.717) is 118 Å². The van der Waals surface area contributed by atoms with E-state index < -0.39 is 89.0 Å². The third-order valence-electron chi connectivity index (χ3n) is 26.8. The summed E-state index contributed by atoms with van der Waals surface area (Å²) in [7, 11) is 0. The van der Waals surface area contributed by atoms with E-state index in [2.05, 4.69) is 40.7 Å². The molecular weight excluding hydrogens is 1330 g/mol. The van der Waals surface area contributed by atoms with Gasteiger partial charge in [-0.1, -0.05) is 160 Å². The molecule has 0 bridgehead atoms. The number of carbonyl (C=O) groups excluding carboxylic acids is 10. The zero-order chi connectivity index (χ0) is 77.1. The van der Waals surface area contributed by atoms with Crippen molar-refractivity contribution >= 4 is 58.6 Å². The van der Waals surface area contributed by atoms with Crippen LogP contribution in [-0.2, 0) is 60.8 Å².